The van der Waals surface area contributed by atoms with Gasteiger partial charge in [0, 0.05) is 0 Å². The molecular formula is C15H15NO4Se. The van der Waals surface area contributed by atoms with E-state index in [2.05, 4.69) is 0 Å². The van der Waals surface area contributed by atoms with Gasteiger partial charge in [0.05, 0.1) is 0 Å². The fourth-order valence-corrected chi connectivity index (χ4v) is 5.50. The van der Waals surface area contributed by atoms with Crippen LogP contribution in [0.2, 0.25) is 4.31 Å². The van der Waals surface area contributed by atoms with Crippen LogP contribution in [0.1, 0.15) is 25.3 Å². The van der Waals surface area contributed by atoms with E-state index >= 15 is 0 Å². The Morgan fingerprint density at radius 3 is 3.00 bits per heavy atom. The summed E-state index contributed by atoms with van der Waals surface area (Å²) in [5, 5.41) is 0. The fraction of sp³-hybridized carbons (Fsp3) is 0.467. The van der Waals surface area contributed by atoms with E-state index < -0.39 is 0 Å². The Bertz CT molecular complexity index is 639. The standard InChI is InChI=1S/C15H15NO4Se/c1-2-18-14(17)12-15(5-6-15)21-13(16-12)9-3-4-10-11(7-9)20-8-19-10/h3-4,7,12H,2,5-6,8H2,1H3. The van der Waals surface area contributed by atoms with Crippen LogP contribution in [0, 0.1) is 0 Å². The average Bonchev–Trinajstić information content (AvgIpc) is 2.95. The Kier molecular flexibility index (Phi) is 2.98. The van der Waals surface area contributed by atoms with Crippen molar-refractivity contribution in [1.29, 1.82) is 0 Å². The van der Waals surface area contributed by atoms with Crippen LogP contribution in [0.25, 0.3) is 0 Å². The molecule has 5 nitrogen and oxygen atoms in total. The van der Waals surface area contributed by atoms with Crippen LogP contribution in [0.15, 0.2) is 23.2 Å². The molecular weight excluding hydrogens is 337 g/mol. The van der Waals surface area contributed by atoms with Crippen LogP contribution in [-0.4, -0.2) is 45.0 Å². The number of hydrogen-bond donors (Lipinski definition) is 0. The molecule has 1 aliphatic carbocycles. The summed E-state index contributed by atoms with van der Waals surface area (Å²) in [6.07, 6.45) is 2.15. The predicted octanol–water partition coefficient (Wildman–Crippen LogP) is 1.76. The summed E-state index contributed by atoms with van der Waals surface area (Å²) in [7, 11) is 0. The van der Waals surface area contributed by atoms with Crippen molar-refractivity contribution in [2.75, 3.05) is 13.4 Å². The molecule has 0 amide bonds. The molecule has 0 N–H and O–H groups in total. The SMILES string of the molecule is CCOC(=O)C1N=C(c2ccc3c(c2)OCO3)[Se]C12CC2. The van der Waals surface area contributed by atoms with Crippen molar-refractivity contribution in [3.8, 4) is 11.5 Å². The number of ether oxygens (including phenoxy) is 3. The molecule has 4 rings (SSSR count). The van der Waals surface area contributed by atoms with Gasteiger partial charge in [-0.2, -0.15) is 0 Å². The topological polar surface area (TPSA) is 57.1 Å². The van der Waals surface area contributed by atoms with E-state index in [4.69, 9.17) is 19.2 Å². The van der Waals surface area contributed by atoms with Crippen LogP contribution in [-0.2, 0) is 9.53 Å². The van der Waals surface area contributed by atoms with Gasteiger partial charge >= 0.3 is 128 Å². The van der Waals surface area contributed by atoms with Crippen LogP contribution < -0.4 is 9.47 Å². The van der Waals surface area contributed by atoms with Crippen LogP contribution in [0.4, 0.5) is 0 Å². The number of hydrogen-bond acceptors (Lipinski definition) is 5. The van der Waals surface area contributed by atoms with Gasteiger partial charge in [-0.3, -0.25) is 0 Å². The first-order valence-electron chi connectivity index (χ1n) is 7.05. The number of esters is 1. The molecule has 6 heteroatoms. The third-order valence-corrected chi connectivity index (χ3v) is 7.22. The van der Waals surface area contributed by atoms with Crippen molar-refractivity contribution >= 4 is 25.5 Å². The Labute approximate surface area is 128 Å². The minimum atomic E-state index is -0.308. The van der Waals surface area contributed by atoms with Crippen LogP contribution >= 0.6 is 0 Å². The number of aliphatic imine (C=N–C) groups is 1. The van der Waals surface area contributed by atoms with Crippen LogP contribution in [0.3, 0.4) is 0 Å². The first-order chi connectivity index (χ1) is 10.2. The molecule has 110 valence electrons. The number of carbonyl (C=O) groups is 1. The molecule has 1 atom stereocenters. The molecule has 3 aliphatic rings. The molecule has 0 radical (unpaired) electrons. The number of fused-ring (bicyclic) bond motifs is 1. The maximum atomic E-state index is 12.1. The van der Waals surface area contributed by atoms with E-state index in [1.807, 2.05) is 25.1 Å². The number of nitrogens with zero attached hydrogens (tertiary/aromatic N) is 1. The van der Waals surface area contributed by atoms with E-state index in [9.17, 15) is 4.79 Å². The first kappa shape index (κ1) is 13.2. The molecule has 1 spiro atoms. The maximum absolute atomic E-state index is 12.1. The molecule has 2 aliphatic heterocycles. The molecule has 1 aromatic rings. The summed E-state index contributed by atoms with van der Waals surface area (Å²) in [6.45, 7) is 2.51. The Morgan fingerprint density at radius 1 is 1.43 bits per heavy atom. The van der Waals surface area contributed by atoms with Gasteiger partial charge in [-0.25, -0.2) is 0 Å². The molecule has 1 fully saturated rings. The van der Waals surface area contributed by atoms with E-state index in [1.165, 1.54) is 0 Å². The summed E-state index contributed by atoms with van der Waals surface area (Å²) < 4.78 is 17.0. The molecule has 0 bridgehead atoms. The zero-order valence-corrected chi connectivity index (χ0v) is 13.3. The molecule has 1 saturated carbocycles. The Hall–Kier alpha value is -1.52. The molecule has 1 unspecified atom stereocenters. The zero-order valence-electron chi connectivity index (χ0n) is 11.6. The quantitative estimate of drug-likeness (QED) is 0.615. The van der Waals surface area contributed by atoms with Crippen molar-refractivity contribution in [2.45, 2.75) is 30.1 Å². The van der Waals surface area contributed by atoms with Crippen molar-refractivity contribution in [3.05, 3.63) is 23.8 Å². The van der Waals surface area contributed by atoms with Gasteiger partial charge in [-0.1, -0.05) is 0 Å². The third kappa shape index (κ3) is 2.14. The van der Waals surface area contributed by atoms with Gasteiger partial charge in [-0.15, -0.1) is 0 Å². The molecule has 1 aromatic carbocycles. The predicted molar refractivity (Wildman–Crippen MR) is 77.2 cm³/mol. The van der Waals surface area contributed by atoms with Crippen molar-refractivity contribution < 1.29 is 19.0 Å². The summed E-state index contributed by atoms with van der Waals surface area (Å²) in [5.41, 5.74) is 1.04. The summed E-state index contributed by atoms with van der Waals surface area (Å²) >= 11 is 0.206. The van der Waals surface area contributed by atoms with E-state index in [0.717, 1.165) is 34.5 Å². The molecule has 0 saturated heterocycles. The van der Waals surface area contributed by atoms with Crippen LogP contribution in [0.5, 0.6) is 11.5 Å². The average molecular weight is 352 g/mol. The molecule has 2 heterocycles. The number of carbonyl (C=O) groups excluding carboxylic acids is 1. The minimum absolute atomic E-state index is 0.0744. The Balaban J connectivity index is 1.63. The number of rotatable bonds is 3. The van der Waals surface area contributed by atoms with Crippen molar-refractivity contribution in [3.63, 3.8) is 0 Å². The second-order valence-electron chi connectivity index (χ2n) is 5.32. The zero-order chi connectivity index (χ0) is 14.4. The fourth-order valence-electron chi connectivity index (χ4n) is 2.66. The first-order valence-corrected chi connectivity index (χ1v) is 8.77. The van der Waals surface area contributed by atoms with Gasteiger partial charge in [0.15, 0.2) is 0 Å². The summed E-state index contributed by atoms with van der Waals surface area (Å²) in [6, 6.07) is 5.57. The Morgan fingerprint density at radius 2 is 2.24 bits per heavy atom. The normalized spacial score (nSPS) is 24.0. The monoisotopic (exact) mass is 353 g/mol. The second-order valence-corrected chi connectivity index (χ2v) is 8.27. The second kappa shape index (κ2) is 4.75. The van der Waals surface area contributed by atoms with E-state index in [-0.39, 0.29) is 38.1 Å². The number of benzene rings is 1. The summed E-state index contributed by atoms with van der Waals surface area (Å²) in [4.78, 5) is 16.8. The van der Waals surface area contributed by atoms with Crippen molar-refractivity contribution in [1.82, 2.24) is 0 Å². The van der Waals surface area contributed by atoms with Gasteiger partial charge in [0.1, 0.15) is 0 Å². The molecule has 0 aromatic heterocycles. The van der Waals surface area contributed by atoms with E-state index in [1.54, 1.807) is 0 Å². The van der Waals surface area contributed by atoms with Crippen molar-refractivity contribution in [2.24, 2.45) is 4.99 Å². The van der Waals surface area contributed by atoms with E-state index in [0.29, 0.717) is 6.61 Å². The summed E-state index contributed by atoms with van der Waals surface area (Å²) in [5.74, 6) is 1.36. The third-order valence-electron chi connectivity index (χ3n) is 3.92. The van der Waals surface area contributed by atoms with Gasteiger partial charge < -0.3 is 0 Å². The van der Waals surface area contributed by atoms with Gasteiger partial charge in [-0.05, 0) is 0 Å². The van der Waals surface area contributed by atoms with Gasteiger partial charge in [0.2, 0.25) is 0 Å². The molecule has 21 heavy (non-hydrogen) atoms. The van der Waals surface area contributed by atoms with Gasteiger partial charge in [0.25, 0.3) is 0 Å².